The van der Waals surface area contributed by atoms with Crippen molar-refractivity contribution in [3.63, 3.8) is 0 Å². The van der Waals surface area contributed by atoms with Crippen molar-refractivity contribution in [3.05, 3.63) is 16.3 Å². The van der Waals surface area contributed by atoms with Crippen LogP contribution in [0.2, 0.25) is 0 Å². The standard InChI is InChI=1S/C13H20N2O4S2/c1-3-14(4-2)10-5-6-15(8-10)21(18,19)11-7-12(13(16)17)20-9-11/h7,9-10H,3-6,8H2,1-2H3,(H,16,17)/t10-/m1/s1. The number of carboxylic acids is 1. The number of carbonyl (C=O) groups is 1. The Balaban J connectivity index is 2.15. The Labute approximate surface area is 129 Å². The van der Waals surface area contributed by atoms with E-state index >= 15 is 0 Å². The SMILES string of the molecule is CCN(CC)[C@@H]1CCN(S(=O)(=O)c2csc(C(=O)O)c2)C1. The van der Waals surface area contributed by atoms with Crippen molar-refractivity contribution >= 4 is 27.3 Å². The Morgan fingerprint density at radius 3 is 2.67 bits per heavy atom. The predicted molar refractivity (Wildman–Crippen MR) is 81.4 cm³/mol. The zero-order chi connectivity index (χ0) is 15.6. The van der Waals surface area contributed by atoms with Gasteiger partial charge in [0.15, 0.2) is 0 Å². The van der Waals surface area contributed by atoms with Crippen LogP contribution in [0.5, 0.6) is 0 Å². The number of carboxylic acid groups (broad SMARTS) is 1. The molecule has 0 aromatic carbocycles. The van der Waals surface area contributed by atoms with E-state index in [4.69, 9.17) is 5.11 Å². The topological polar surface area (TPSA) is 77.9 Å². The molecule has 1 saturated heterocycles. The van der Waals surface area contributed by atoms with Gasteiger partial charge in [-0.15, -0.1) is 11.3 Å². The number of nitrogens with zero attached hydrogens (tertiary/aromatic N) is 2. The molecule has 1 N–H and O–H groups in total. The van der Waals surface area contributed by atoms with E-state index in [9.17, 15) is 13.2 Å². The summed E-state index contributed by atoms with van der Waals surface area (Å²) < 4.78 is 26.5. The van der Waals surface area contributed by atoms with E-state index in [2.05, 4.69) is 18.7 Å². The Kier molecular flexibility index (Phi) is 5.03. The molecule has 1 fully saturated rings. The van der Waals surface area contributed by atoms with Gasteiger partial charge in [-0.2, -0.15) is 4.31 Å². The maximum atomic E-state index is 12.5. The van der Waals surface area contributed by atoms with Crippen LogP contribution in [-0.2, 0) is 10.0 Å². The minimum absolute atomic E-state index is 0.0491. The summed E-state index contributed by atoms with van der Waals surface area (Å²) in [4.78, 5) is 13.3. The van der Waals surface area contributed by atoms with Gasteiger partial charge in [0, 0.05) is 24.5 Å². The molecule has 6 nitrogen and oxygen atoms in total. The second-order valence-corrected chi connectivity index (χ2v) is 7.83. The lowest BCUT2D eigenvalue weighted by Gasteiger charge is -2.25. The molecule has 0 bridgehead atoms. The number of thiophene rings is 1. The van der Waals surface area contributed by atoms with Crippen molar-refractivity contribution in [2.24, 2.45) is 0 Å². The smallest absolute Gasteiger partial charge is 0.345 e. The van der Waals surface area contributed by atoms with Crippen molar-refractivity contribution in [1.82, 2.24) is 9.21 Å². The van der Waals surface area contributed by atoms with Crippen molar-refractivity contribution in [1.29, 1.82) is 0 Å². The Hall–Kier alpha value is -0.960. The van der Waals surface area contributed by atoms with Crippen molar-refractivity contribution in [2.45, 2.75) is 31.2 Å². The summed E-state index contributed by atoms with van der Waals surface area (Å²) in [5.74, 6) is -1.09. The van der Waals surface area contributed by atoms with Crippen molar-refractivity contribution < 1.29 is 18.3 Å². The van der Waals surface area contributed by atoms with Crippen LogP contribution in [0, 0.1) is 0 Å². The van der Waals surface area contributed by atoms with Crippen LogP contribution >= 0.6 is 11.3 Å². The summed E-state index contributed by atoms with van der Waals surface area (Å²) in [6.07, 6.45) is 0.816. The monoisotopic (exact) mass is 332 g/mol. The highest BCUT2D eigenvalue weighted by Gasteiger charge is 2.35. The molecule has 8 heteroatoms. The van der Waals surface area contributed by atoms with Crippen LogP contribution in [0.25, 0.3) is 0 Å². The number of likely N-dealkylation sites (N-methyl/N-ethyl adjacent to an activating group) is 1. The van der Waals surface area contributed by atoms with E-state index in [1.165, 1.54) is 15.8 Å². The van der Waals surface area contributed by atoms with E-state index in [0.717, 1.165) is 30.8 Å². The van der Waals surface area contributed by atoms with Crippen molar-refractivity contribution in [3.8, 4) is 0 Å². The van der Waals surface area contributed by atoms with Gasteiger partial charge >= 0.3 is 5.97 Å². The fourth-order valence-electron chi connectivity index (χ4n) is 2.68. The fraction of sp³-hybridized carbons (Fsp3) is 0.615. The van der Waals surface area contributed by atoms with Gasteiger partial charge < -0.3 is 5.11 Å². The molecule has 0 unspecified atom stereocenters. The lowest BCUT2D eigenvalue weighted by molar-refractivity contribution is 0.0702. The van der Waals surface area contributed by atoms with Crippen molar-refractivity contribution in [2.75, 3.05) is 26.2 Å². The molecular formula is C13H20N2O4S2. The molecule has 0 aliphatic carbocycles. The van der Waals surface area contributed by atoms with Gasteiger partial charge in [0.2, 0.25) is 10.0 Å². The molecule has 0 saturated carbocycles. The summed E-state index contributed by atoms with van der Waals surface area (Å²) in [5, 5.41) is 10.3. The molecule has 0 amide bonds. The van der Waals surface area contributed by atoms with Gasteiger partial charge in [0.25, 0.3) is 0 Å². The molecule has 0 spiro atoms. The number of hydrogen-bond donors (Lipinski definition) is 1. The number of rotatable bonds is 6. The summed E-state index contributed by atoms with van der Waals surface area (Å²) in [6, 6.07) is 1.49. The highest BCUT2D eigenvalue weighted by molar-refractivity contribution is 7.89. The van der Waals surface area contributed by atoms with Gasteiger partial charge in [0.1, 0.15) is 4.88 Å². The van der Waals surface area contributed by atoms with E-state index in [-0.39, 0.29) is 15.8 Å². The zero-order valence-corrected chi connectivity index (χ0v) is 13.8. The Morgan fingerprint density at radius 2 is 2.14 bits per heavy atom. The first-order valence-electron chi connectivity index (χ1n) is 6.96. The van der Waals surface area contributed by atoms with Crippen LogP contribution in [-0.4, -0.2) is 60.9 Å². The maximum absolute atomic E-state index is 12.5. The molecule has 1 atom stereocenters. The summed E-state index contributed by atoms with van der Waals surface area (Å²) in [5.41, 5.74) is 0. The molecule has 0 radical (unpaired) electrons. The van der Waals surface area contributed by atoms with Gasteiger partial charge in [-0.3, -0.25) is 4.90 Å². The average molecular weight is 332 g/mol. The van der Waals surface area contributed by atoms with Crippen LogP contribution in [0.15, 0.2) is 16.3 Å². The maximum Gasteiger partial charge on any atom is 0.345 e. The van der Waals surface area contributed by atoms with Crippen LogP contribution in [0.3, 0.4) is 0 Å². The molecule has 1 aliphatic heterocycles. The molecule has 1 aliphatic rings. The highest BCUT2D eigenvalue weighted by atomic mass is 32.2. The number of hydrogen-bond acceptors (Lipinski definition) is 5. The van der Waals surface area contributed by atoms with Crippen LogP contribution in [0.1, 0.15) is 29.9 Å². The zero-order valence-electron chi connectivity index (χ0n) is 12.2. The highest BCUT2D eigenvalue weighted by Crippen LogP contribution is 2.26. The van der Waals surface area contributed by atoms with E-state index in [0.29, 0.717) is 13.1 Å². The third kappa shape index (κ3) is 3.28. The first-order valence-corrected chi connectivity index (χ1v) is 9.28. The van der Waals surface area contributed by atoms with E-state index in [1.54, 1.807) is 0 Å². The lowest BCUT2D eigenvalue weighted by atomic mass is 10.2. The second-order valence-electron chi connectivity index (χ2n) is 4.98. The van der Waals surface area contributed by atoms with Gasteiger partial charge in [-0.25, -0.2) is 13.2 Å². The quantitative estimate of drug-likeness (QED) is 0.855. The molecule has 21 heavy (non-hydrogen) atoms. The van der Waals surface area contributed by atoms with Crippen LogP contribution in [0.4, 0.5) is 0 Å². The minimum Gasteiger partial charge on any atom is -0.477 e. The second kappa shape index (κ2) is 6.43. The van der Waals surface area contributed by atoms with Gasteiger partial charge in [0.05, 0.1) is 4.90 Å². The first-order chi connectivity index (χ1) is 9.90. The summed E-state index contributed by atoms with van der Waals surface area (Å²) in [7, 11) is -3.58. The largest absolute Gasteiger partial charge is 0.477 e. The molecule has 118 valence electrons. The number of sulfonamides is 1. The predicted octanol–water partition coefficient (Wildman–Crippen LogP) is 1.55. The van der Waals surface area contributed by atoms with E-state index < -0.39 is 16.0 Å². The molecule has 2 heterocycles. The normalized spacial score (nSPS) is 20.2. The van der Waals surface area contributed by atoms with Crippen LogP contribution < -0.4 is 0 Å². The Morgan fingerprint density at radius 1 is 1.48 bits per heavy atom. The van der Waals surface area contributed by atoms with Gasteiger partial charge in [-0.1, -0.05) is 13.8 Å². The van der Waals surface area contributed by atoms with E-state index in [1.807, 2.05) is 0 Å². The summed E-state index contributed by atoms with van der Waals surface area (Å²) in [6.45, 7) is 6.90. The molecular weight excluding hydrogens is 312 g/mol. The first kappa shape index (κ1) is 16.4. The molecule has 1 aromatic heterocycles. The molecule has 2 rings (SSSR count). The van der Waals surface area contributed by atoms with Gasteiger partial charge in [-0.05, 0) is 25.6 Å². The Bertz CT molecular complexity index is 607. The summed E-state index contributed by atoms with van der Waals surface area (Å²) >= 11 is 0.944. The number of aromatic carboxylic acids is 1. The third-order valence-corrected chi connectivity index (χ3v) is 6.79. The fourth-order valence-corrected chi connectivity index (χ4v) is 5.27. The third-order valence-electron chi connectivity index (χ3n) is 3.88. The lowest BCUT2D eigenvalue weighted by Crippen LogP contribution is -2.38. The molecule has 1 aromatic rings. The minimum atomic E-state index is -3.58. The average Bonchev–Trinajstić information content (AvgIpc) is 3.10.